The Morgan fingerprint density at radius 3 is 2.40 bits per heavy atom. The Hall–Kier alpha value is -1.28. The third-order valence-corrected chi connectivity index (χ3v) is 5.53. The van der Waals surface area contributed by atoms with Crippen LogP contribution < -0.4 is 9.47 Å². The summed E-state index contributed by atoms with van der Waals surface area (Å²) in [4.78, 5) is 4.17. The summed E-state index contributed by atoms with van der Waals surface area (Å²) in [5.41, 5.74) is 0. The van der Waals surface area contributed by atoms with Crippen LogP contribution in [0, 0.1) is 0 Å². The number of halogens is 1. The summed E-state index contributed by atoms with van der Waals surface area (Å²) in [6.07, 6.45) is 0. The summed E-state index contributed by atoms with van der Waals surface area (Å²) in [6, 6.07) is 3.03. The lowest BCUT2D eigenvalue weighted by Crippen LogP contribution is -2.33. The Morgan fingerprint density at radius 2 is 1.90 bits per heavy atom. The van der Waals surface area contributed by atoms with Crippen LogP contribution in [0.4, 0.5) is 0 Å². The van der Waals surface area contributed by atoms with Crippen LogP contribution in [0.2, 0.25) is 0 Å². The molecule has 110 valence electrons. The molecule has 0 saturated carbocycles. The molecule has 0 unspecified atom stereocenters. The van der Waals surface area contributed by atoms with E-state index in [4.69, 9.17) is 9.47 Å². The molecule has 0 aliphatic carbocycles. The molecular weight excluding hydrogens is 348 g/mol. The van der Waals surface area contributed by atoms with Crippen molar-refractivity contribution in [1.29, 1.82) is 0 Å². The van der Waals surface area contributed by atoms with E-state index >= 15 is 0 Å². The Balaban J connectivity index is 2.59. The molecule has 1 aliphatic rings. The number of hydrogen-bond donors (Lipinski definition) is 0. The van der Waals surface area contributed by atoms with Gasteiger partial charge < -0.3 is 9.47 Å². The maximum absolute atomic E-state index is 12.7. The predicted molar refractivity (Wildman–Crippen MR) is 79.1 cm³/mol. The van der Waals surface area contributed by atoms with E-state index in [0.717, 1.165) is 0 Å². The number of ether oxygens (including phenoxy) is 2. The first-order chi connectivity index (χ1) is 9.41. The molecule has 2 rings (SSSR count). The van der Waals surface area contributed by atoms with Crippen LogP contribution in [-0.2, 0) is 10.0 Å². The Labute approximate surface area is 126 Å². The van der Waals surface area contributed by atoms with E-state index in [1.54, 1.807) is 13.0 Å². The second kappa shape index (κ2) is 5.61. The number of nitrogens with zero attached hydrogens (tertiary/aromatic N) is 2. The molecule has 0 atom stereocenters. The standard InChI is InChI=1S/C12H15BrN2O4S/c1-8-14-4-5-15(8)20(16,17)12-7-10(18-2)9(13)6-11(12)19-3/h6-7H,4-5H2,1-3H3. The van der Waals surface area contributed by atoms with Crippen molar-refractivity contribution < 1.29 is 17.9 Å². The summed E-state index contributed by atoms with van der Waals surface area (Å²) in [7, 11) is -0.797. The maximum Gasteiger partial charge on any atom is 0.269 e. The van der Waals surface area contributed by atoms with Gasteiger partial charge in [0.1, 0.15) is 22.2 Å². The van der Waals surface area contributed by atoms with E-state index in [1.807, 2.05) is 0 Å². The molecule has 0 saturated heterocycles. The summed E-state index contributed by atoms with van der Waals surface area (Å²) < 4.78 is 37.6. The normalized spacial score (nSPS) is 15.2. The van der Waals surface area contributed by atoms with Crippen LogP contribution in [0.5, 0.6) is 11.5 Å². The highest BCUT2D eigenvalue weighted by Gasteiger charge is 2.31. The van der Waals surface area contributed by atoms with E-state index in [1.165, 1.54) is 24.6 Å². The molecule has 0 amide bonds. The topological polar surface area (TPSA) is 68.2 Å². The van der Waals surface area contributed by atoms with E-state index in [2.05, 4.69) is 20.9 Å². The van der Waals surface area contributed by atoms with Gasteiger partial charge in [-0.3, -0.25) is 9.30 Å². The quantitative estimate of drug-likeness (QED) is 0.819. The number of sulfonamides is 1. The Bertz CT molecular complexity index is 658. The first kappa shape index (κ1) is 15.1. The highest BCUT2D eigenvalue weighted by molar-refractivity contribution is 9.10. The minimum Gasteiger partial charge on any atom is -0.496 e. The molecule has 0 N–H and O–H groups in total. The monoisotopic (exact) mass is 362 g/mol. The van der Waals surface area contributed by atoms with Gasteiger partial charge in [-0.15, -0.1) is 0 Å². The third-order valence-electron chi connectivity index (χ3n) is 3.01. The van der Waals surface area contributed by atoms with Gasteiger partial charge in [-0.2, -0.15) is 0 Å². The highest BCUT2D eigenvalue weighted by atomic mass is 79.9. The van der Waals surface area contributed by atoms with Crippen LogP contribution in [0.1, 0.15) is 6.92 Å². The van der Waals surface area contributed by atoms with Crippen LogP contribution in [0.25, 0.3) is 0 Å². The molecule has 0 fully saturated rings. The predicted octanol–water partition coefficient (Wildman–Crippen LogP) is 1.89. The summed E-state index contributed by atoms with van der Waals surface area (Å²) in [5, 5.41) is 0. The number of amidine groups is 1. The van der Waals surface area contributed by atoms with Crippen molar-refractivity contribution in [3.05, 3.63) is 16.6 Å². The van der Waals surface area contributed by atoms with Gasteiger partial charge in [-0.05, 0) is 28.9 Å². The molecule has 0 spiro atoms. The number of methoxy groups -OCH3 is 2. The van der Waals surface area contributed by atoms with Gasteiger partial charge in [0.05, 0.1) is 31.8 Å². The van der Waals surface area contributed by atoms with Crippen molar-refractivity contribution in [1.82, 2.24) is 4.31 Å². The molecule has 0 radical (unpaired) electrons. The van der Waals surface area contributed by atoms with Crippen LogP contribution in [0.3, 0.4) is 0 Å². The van der Waals surface area contributed by atoms with E-state index in [9.17, 15) is 8.42 Å². The largest absolute Gasteiger partial charge is 0.496 e. The molecular formula is C12H15BrN2O4S. The minimum atomic E-state index is -3.70. The van der Waals surface area contributed by atoms with Gasteiger partial charge in [0, 0.05) is 6.07 Å². The van der Waals surface area contributed by atoms with Gasteiger partial charge in [-0.25, -0.2) is 8.42 Å². The van der Waals surface area contributed by atoms with Crippen molar-refractivity contribution in [3.8, 4) is 11.5 Å². The summed E-state index contributed by atoms with van der Waals surface area (Å²) >= 11 is 3.31. The van der Waals surface area contributed by atoms with Crippen LogP contribution in [0.15, 0.2) is 26.5 Å². The summed E-state index contributed by atoms with van der Waals surface area (Å²) in [6.45, 7) is 2.49. The smallest absolute Gasteiger partial charge is 0.269 e. The lowest BCUT2D eigenvalue weighted by atomic mass is 10.3. The molecule has 0 bridgehead atoms. The average molecular weight is 363 g/mol. The van der Waals surface area contributed by atoms with Crippen LogP contribution >= 0.6 is 15.9 Å². The van der Waals surface area contributed by atoms with Crippen molar-refractivity contribution in [2.45, 2.75) is 11.8 Å². The number of hydrogen-bond acceptors (Lipinski definition) is 5. The number of rotatable bonds is 4. The first-order valence-corrected chi connectivity index (χ1v) is 8.10. The molecule has 8 heteroatoms. The van der Waals surface area contributed by atoms with E-state index < -0.39 is 10.0 Å². The molecule has 1 aromatic rings. The fourth-order valence-electron chi connectivity index (χ4n) is 1.99. The fourth-order valence-corrected chi connectivity index (χ4v) is 4.09. The van der Waals surface area contributed by atoms with Crippen LogP contribution in [-0.4, -0.2) is 45.9 Å². The van der Waals surface area contributed by atoms with Crippen molar-refractivity contribution in [2.24, 2.45) is 4.99 Å². The van der Waals surface area contributed by atoms with Gasteiger partial charge in [0.2, 0.25) is 0 Å². The minimum absolute atomic E-state index is 0.0662. The maximum atomic E-state index is 12.7. The average Bonchev–Trinajstić information content (AvgIpc) is 2.85. The second-order valence-corrected chi connectivity index (χ2v) is 6.83. The molecule has 20 heavy (non-hydrogen) atoms. The zero-order valence-corrected chi connectivity index (χ0v) is 13.8. The molecule has 6 nitrogen and oxygen atoms in total. The van der Waals surface area contributed by atoms with E-state index in [-0.39, 0.29) is 10.6 Å². The zero-order valence-electron chi connectivity index (χ0n) is 11.4. The third kappa shape index (κ3) is 2.49. The van der Waals surface area contributed by atoms with E-state index in [0.29, 0.717) is 29.1 Å². The van der Waals surface area contributed by atoms with Crippen molar-refractivity contribution in [2.75, 3.05) is 27.3 Å². The second-order valence-electron chi connectivity index (χ2n) is 4.14. The van der Waals surface area contributed by atoms with Crippen molar-refractivity contribution >= 4 is 31.8 Å². The molecule has 1 aromatic carbocycles. The van der Waals surface area contributed by atoms with Gasteiger partial charge in [0.15, 0.2) is 0 Å². The molecule has 0 aromatic heterocycles. The molecule has 1 aliphatic heterocycles. The van der Waals surface area contributed by atoms with Crippen molar-refractivity contribution in [3.63, 3.8) is 0 Å². The Kier molecular flexibility index (Phi) is 4.24. The number of benzene rings is 1. The Morgan fingerprint density at radius 1 is 1.25 bits per heavy atom. The van der Waals surface area contributed by atoms with Gasteiger partial charge in [0.25, 0.3) is 10.0 Å². The summed E-state index contributed by atoms with van der Waals surface area (Å²) in [5.74, 6) is 1.17. The lowest BCUT2D eigenvalue weighted by Gasteiger charge is -2.20. The molecule has 1 heterocycles. The highest BCUT2D eigenvalue weighted by Crippen LogP contribution is 2.36. The van der Waals surface area contributed by atoms with Gasteiger partial charge >= 0.3 is 0 Å². The number of aliphatic imine (C=N–C) groups is 1. The lowest BCUT2D eigenvalue weighted by molar-refractivity contribution is 0.389. The zero-order chi connectivity index (χ0) is 14.9. The fraction of sp³-hybridized carbons (Fsp3) is 0.417. The van der Waals surface area contributed by atoms with Gasteiger partial charge in [-0.1, -0.05) is 0 Å². The first-order valence-electron chi connectivity index (χ1n) is 5.87. The SMILES string of the molecule is COc1cc(S(=O)(=O)N2CCN=C2C)c(OC)cc1Br.